The molecule has 1 heterocycles. The summed E-state index contributed by atoms with van der Waals surface area (Å²) in [5, 5.41) is 9.89. The molecule has 8 heteroatoms. The number of hydrogen-bond acceptors (Lipinski definition) is 3. The first kappa shape index (κ1) is 18.0. The summed E-state index contributed by atoms with van der Waals surface area (Å²) >= 11 is 6.02. The lowest BCUT2D eigenvalue weighted by atomic mass is 10.2. The summed E-state index contributed by atoms with van der Waals surface area (Å²) in [6.07, 6.45) is -2.23. The average Bonchev–Trinajstić information content (AvgIpc) is 2.98. The Kier molecular flexibility index (Phi) is 5.27. The van der Waals surface area contributed by atoms with Crippen LogP contribution >= 0.6 is 11.6 Å². The van der Waals surface area contributed by atoms with Gasteiger partial charge < -0.3 is 19.1 Å². The standard InChI is InChI=1S/C18H14ClF2NO4/c19-12-4-5-15(25-10-17(20)21)11(8-12)9-22-7-6-13-14(22)2-1-3-16(13)26-18(23)24/h1-8,17H,9-10H2,(H,23,24). The molecule has 0 saturated carbocycles. The molecule has 2 aromatic carbocycles. The fourth-order valence-electron chi connectivity index (χ4n) is 2.66. The van der Waals surface area contributed by atoms with Crippen molar-refractivity contribution in [1.82, 2.24) is 4.57 Å². The number of aromatic nitrogens is 1. The molecule has 0 fully saturated rings. The Balaban J connectivity index is 1.94. The maximum atomic E-state index is 12.4. The number of ether oxygens (including phenoxy) is 2. The van der Waals surface area contributed by atoms with Crippen molar-refractivity contribution in [2.24, 2.45) is 0 Å². The molecular weight excluding hydrogens is 368 g/mol. The third kappa shape index (κ3) is 4.05. The molecule has 0 amide bonds. The largest absolute Gasteiger partial charge is 0.511 e. The minimum atomic E-state index is -2.58. The number of hydrogen-bond donors (Lipinski definition) is 1. The third-order valence-corrected chi connectivity index (χ3v) is 3.93. The SMILES string of the molecule is O=C(O)Oc1cccc2c1ccn2Cc1cc(Cl)ccc1OCC(F)F. The van der Waals surface area contributed by atoms with E-state index in [0.29, 0.717) is 28.3 Å². The van der Waals surface area contributed by atoms with E-state index in [-0.39, 0.29) is 5.75 Å². The highest BCUT2D eigenvalue weighted by atomic mass is 35.5. The minimum absolute atomic E-state index is 0.217. The predicted molar refractivity (Wildman–Crippen MR) is 92.6 cm³/mol. The molecule has 0 aliphatic carbocycles. The van der Waals surface area contributed by atoms with Crippen LogP contribution in [0.2, 0.25) is 5.02 Å². The fourth-order valence-corrected chi connectivity index (χ4v) is 2.86. The Hall–Kier alpha value is -2.80. The molecule has 0 atom stereocenters. The summed E-state index contributed by atoms with van der Waals surface area (Å²) in [6.45, 7) is -0.406. The minimum Gasteiger partial charge on any atom is -0.487 e. The number of carboxylic acid groups (broad SMARTS) is 1. The molecule has 26 heavy (non-hydrogen) atoms. The van der Waals surface area contributed by atoms with Crippen molar-refractivity contribution in [2.75, 3.05) is 6.61 Å². The third-order valence-electron chi connectivity index (χ3n) is 3.70. The van der Waals surface area contributed by atoms with Gasteiger partial charge in [-0.2, -0.15) is 0 Å². The normalized spacial score (nSPS) is 11.1. The van der Waals surface area contributed by atoms with Crippen molar-refractivity contribution >= 4 is 28.7 Å². The van der Waals surface area contributed by atoms with E-state index in [2.05, 4.69) is 0 Å². The zero-order chi connectivity index (χ0) is 18.7. The maximum Gasteiger partial charge on any atom is 0.511 e. The van der Waals surface area contributed by atoms with E-state index in [9.17, 15) is 13.6 Å². The zero-order valence-corrected chi connectivity index (χ0v) is 14.1. The lowest BCUT2D eigenvalue weighted by Gasteiger charge is -2.13. The molecular formula is C18H14ClF2NO4. The lowest BCUT2D eigenvalue weighted by molar-refractivity contribution is 0.0814. The molecule has 0 radical (unpaired) electrons. The van der Waals surface area contributed by atoms with E-state index >= 15 is 0 Å². The van der Waals surface area contributed by atoms with Crippen molar-refractivity contribution in [3.63, 3.8) is 0 Å². The smallest absolute Gasteiger partial charge is 0.487 e. The van der Waals surface area contributed by atoms with Crippen molar-refractivity contribution < 1.29 is 28.2 Å². The predicted octanol–water partition coefficient (Wildman–Crippen LogP) is 5.04. The number of carbonyl (C=O) groups is 1. The van der Waals surface area contributed by atoms with Gasteiger partial charge in [0, 0.05) is 22.2 Å². The fraction of sp³-hybridized carbons (Fsp3) is 0.167. The number of rotatable bonds is 6. The van der Waals surface area contributed by atoms with Gasteiger partial charge in [0.2, 0.25) is 0 Å². The molecule has 0 unspecified atom stereocenters. The number of benzene rings is 2. The van der Waals surface area contributed by atoms with E-state index in [4.69, 9.17) is 26.2 Å². The van der Waals surface area contributed by atoms with Gasteiger partial charge in [0.15, 0.2) is 0 Å². The van der Waals surface area contributed by atoms with Crippen LogP contribution in [0.25, 0.3) is 10.9 Å². The van der Waals surface area contributed by atoms with Gasteiger partial charge in [0.05, 0.1) is 12.1 Å². The monoisotopic (exact) mass is 381 g/mol. The van der Waals surface area contributed by atoms with Crippen LogP contribution in [0, 0.1) is 0 Å². The number of fused-ring (bicyclic) bond motifs is 1. The molecule has 1 aromatic heterocycles. The number of nitrogens with zero attached hydrogens (tertiary/aromatic N) is 1. The second kappa shape index (κ2) is 7.61. The molecule has 0 saturated heterocycles. The van der Waals surface area contributed by atoms with Gasteiger partial charge in [-0.3, -0.25) is 0 Å². The topological polar surface area (TPSA) is 60.7 Å². The van der Waals surface area contributed by atoms with E-state index in [0.717, 1.165) is 5.52 Å². The molecule has 0 aliphatic heterocycles. The molecule has 3 rings (SSSR count). The summed E-state index contributed by atoms with van der Waals surface area (Å²) < 4.78 is 36.7. The van der Waals surface area contributed by atoms with Gasteiger partial charge in [-0.15, -0.1) is 0 Å². The molecule has 0 bridgehead atoms. The van der Waals surface area contributed by atoms with E-state index in [1.54, 1.807) is 48.7 Å². The van der Waals surface area contributed by atoms with Crippen molar-refractivity contribution in [2.45, 2.75) is 13.0 Å². The van der Waals surface area contributed by atoms with Gasteiger partial charge in [-0.25, -0.2) is 13.6 Å². The Labute approximate surface area is 152 Å². The number of alkyl halides is 2. The van der Waals surface area contributed by atoms with Gasteiger partial charge in [-0.05, 0) is 36.4 Å². The van der Waals surface area contributed by atoms with Crippen molar-refractivity contribution in [3.8, 4) is 11.5 Å². The molecule has 0 aliphatic rings. The van der Waals surface area contributed by atoms with E-state index < -0.39 is 19.2 Å². The Morgan fingerprint density at radius 2 is 2.00 bits per heavy atom. The first-order valence-corrected chi connectivity index (χ1v) is 8.00. The highest BCUT2D eigenvalue weighted by molar-refractivity contribution is 6.30. The van der Waals surface area contributed by atoms with Crippen LogP contribution < -0.4 is 9.47 Å². The van der Waals surface area contributed by atoms with E-state index in [1.807, 2.05) is 4.57 Å². The van der Waals surface area contributed by atoms with Crippen LogP contribution in [-0.2, 0) is 6.54 Å². The van der Waals surface area contributed by atoms with Crippen LogP contribution in [0.4, 0.5) is 13.6 Å². The average molecular weight is 382 g/mol. The van der Waals surface area contributed by atoms with Gasteiger partial charge in [0.25, 0.3) is 6.43 Å². The molecule has 3 aromatic rings. The molecule has 0 spiro atoms. The second-order valence-corrected chi connectivity index (χ2v) is 5.89. The van der Waals surface area contributed by atoms with Gasteiger partial charge in [-0.1, -0.05) is 17.7 Å². The summed E-state index contributed by atoms with van der Waals surface area (Å²) in [4.78, 5) is 10.8. The van der Waals surface area contributed by atoms with E-state index in [1.165, 1.54) is 0 Å². The summed E-state index contributed by atoms with van der Waals surface area (Å²) in [5.74, 6) is 0.531. The van der Waals surface area contributed by atoms with Gasteiger partial charge in [0.1, 0.15) is 18.1 Å². The highest BCUT2D eigenvalue weighted by Crippen LogP contribution is 2.30. The van der Waals surface area contributed by atoms with Crippen LogP contribution in [0.3, 0.4) is 0 Å². The molecule has 1 N–H and O–H groups in total. The zero-order valence-electron chi connectivity index (χ0n) is 13.4. The molecule has 136 valence electrons. The van der Waals surface area contributed by atoms with Gasteiger partial charge >= 0.3 is 6.16 Å². The van der Waals surface area contributed by atoms with Crippen LogP contribution in [0.1, 0.15) is 5.56 Å². The summed E-state index contributed by atoms with van der Waals surface area (Å²) in [7, 11) is 0. The summed E-state index contributed by atoms with van der Waals surface area (Å²) in [6, 6.07) is 11.5. The second-order valence-electron chi connectivity index (χ2n) is 5.45. The summed E-state index contributed by atoms with van der Waals surface area (Å²) in [5.41, 5.74) is 1.35. The van der Waals surface area contributed by atoms with Crippen LogP contribution in [0.15, 0.2) is 48.7 Å². The maximum absolute atomic E-state index is 12.4. The quantitative estimate of drug-likeness (QED) is 0.480. The number of halogens is 3. The lowest BCUT2D eigenvalue weighted by Crippen LogP contribution is -2.09. The van der Waals surface area contributed by atoms with Crippen LogP contribution in [-0.4, -0.2) is 28.9 Å². The molecule has 5 nitrogen and oxygen atoms in total. The van der Waals surface area contributed by atoms with Crippen molar-refractivity contribution in [1.29, 1.82) is 0 Å². The Morgan fingerprint density at radius 3 is 2.73 bits per heavy atom. The first-order chi connectivity index (χ1) is 12.4. The van der Waals surface area contributed by atoms with Crippen LogP contribution in [0.5, 0.6) is 11.5 Å². The Morgan fingerprint density at radius 1 is 1.19 bits per heavy atom. The first-order valence-electron chi connectivity index (χ1n) is 7.62. The highest BCUT2D eigenvalue weighted by Gasteiger charge is 2.13. The van der Waals surface area contributed by atoms with Crippen molar-refractivity contribution in [3.05, 3.63) is 59.2 Å². The Bertz CT molecular complexity index is 942.